The van der Waals surface area contributed by atoms with Crippen LogP contribution in [0.3, 0.4) is 0 Å². The number of carbonyl (C=O) groups excluding carboxylic acids is 2. The van der Waals surface area contributed by atoms with Crippen LogP contribution in [0.4, 0.5) is 8.78 Å². The lowest BCUT2D eigenvalue weighted by atomic mass is 9.65. The number of halogens is 2. The van der Waals surface area contributed by atoms with Crippen molar-refractivity contribution >= 4 is 11.9 Å². The van der Waals surface area contributed by atoms with Gasteiger partial charge >= 0.3 is 5.97 Å². The fourth-order valence-corrected chi connectivity index (χ4v) is 5.90. The van der Waals surface area contributed by atoms with E-state index >= 15 is 0 Å². The summed E-state index contributed by atoms with van der Waals surface area (Å²) < 4.78 is 55.1. The van der Waals surface area contributed by atoms with Gasteiger partial charge in [0.15, 0.2) is 23.0 Å². The van der Waals surface area contributed by atoms with Crippen LogP contribution in [0.15, 0.2) is 42.5 Å². The number of amides is 1. The molecule has 1 fully saturated rings. The molecule has 0 bridgehead atoms. The van der Waals surface area contributed by atoms with Gasteiger partial charge in [0.2, 0.25) is 18.4 Å². The molecule has 2 N–H and O–H groups in total. The van der Waals surface area contributed by atoms with Crippen LogP contribution >= 0.6 is 0 Å². The Morgan fingerprint density at radius 3 is 2.33 bits per heavy atom. The van der Waals surface area contributed by atoms with Gasteiger partial charge in [0, 0.05) is 17.9 Å². The number of aromatic hydroxyl groups is 1. The number of fused-ring (bicyclic) bond motifs is 3. The van der Waals surface area contributed by atoms with Crippen molar-refractivity contribution in [2.24, 2.45) is 11.8 Å². The van der Waals surface area contributed by atoms with Crippen molar-refractivity contribution in [3.05, 3.63) is 76.4 Å². The molecule has 3 aromatic carbocycles. The summed E-state index contributed by atoms with van der Waals surface area (Å²) in [6.07, 6.45) is -0.329. The molecule has 0 unspecified atom stereocenters. The second-order valence-corrected chi connectivity index (χ2v) is 9.86. The highest BCUT2D eigenvalue weighted by Gasteiger charge is 2.53. The van der Waals surface area contributed by atoms with Gasteiger partial charge in [-0.1, -0.05) is 6.07 Å². The first-order chi connectivity index (χ1) is 19.3. The number of cyclic esters (lactones) is 1. The Balaban J connectivity index is 1.45. The summed E-state index contributed by atoms with van der Waals surface area (Å²) in [5.74, 6) is -3.21. The summed E-state index contributed by atoms with van der Waals surface area (Å²) in [5.41, 5.74) is 2.01. The van der Waals surface area contributed by atoms with E-state index in [0.29, 0.717) is 28.2 Å². The number of hydrogen-bond acceptors (Lipinski definition) is 8. The van der Waals surface area contributed by atoms with E-state index in [1.54, 1.807) is 24.3 Å². The number of esters is 1. The average molecular weight is 554 g/mol. The van der Waals surface area contributed by atoms with Gasteiger partial charge in [0.05, 0.1) is 39.2 Å². The lowest BCUT2D eigenvalue weighted by molar-refractivity contribution is -0.141. The van der Waals surface area contributed by atoms with E-state index in [1.165, 1.54) is 20.3 Å². The molecule has 3 aromatic rings. The van der Waals surface area contributed by atoms with Crippen LogP contribution in [0, 0.1) is 23.5 Å². The molecule has 2 aliphatic heterocycles. The van der Waals surface area contributed by atoms with E-state index in [1.807, 2.05) is 0 Å². The third-order valence-electron chi connectivity index (χ3n) is 7.73. The molecule has 1 saturated heterocycles. The maximum atomic E-state index is 14.3. The number of phenolic OH excluding ortho intramolecular Hbond substituents is 1. The third kappa shape index (κ3) is 4.21. The normalized spacial score (nSPS) is 22.2. The molecule has 0 spiro atoms. The predicted octanol–water partition coefficient (Wildman–Crippen LogP) is 3.75. The maximum absolute atomic E-state index is 14.3. The van der Waals surface area contributed by atoms with Gasteiger partial charge in [0.1, 0.15) is 11.6 Å². The number of hydrogen-bond donors (Lipinski definition) is 2. The Kier molecular flexibility index (Phi) is 6.36. The first-order valence-electron chi connectivity index (χ1n) is 12.6. The topological polar surface area (TPSA) is 113 Å². The highest BCUT2D eigenvalue weighted by molar-refractivity contribution is 5.82. The molecule has 0 aromatic heterocycles. The molecule has 1 amide bonds. The number of phenols is 1. The Morgan fingerprint density at radius 1 is 1.00 bits per heavy atom. The zero-order valence-corrected chi connectivity index (χ0v) is 21.5. The third-order valence-corrected chi connectivity index (χ3v) is 7.73. The van der Waals surface area contributed by atoms with Gasteiger partial charge < -0.3 is 34.1 Å². The molecule has 2 heterocycles. The molecule has 4 atom stereocenters. The van der Waals surface area contributed by atoms with Crippen LogP contribution in [0.25, 0.3) is 0 Å². The van der Waals surface area contributed by atoms with Gasteiger partial charge in [-0.15, -0.1) is 0 Å². The van der Waals surface area contributed by atoms with E-state index in [9.17, 15) is 23.5 Å². The van der Waals surface area contributed by atoms with E-state index < -0.39 is 47.3 Å². The van der Waals surface area contributed by atoms with Crippen LogP contribution in [0.5, 0.6) is 28.7 Å². The lowest BCUT2D eigenvalue weighted by Gasteiger charge is -2.39. The molecular weight excluding hydrogens is 528 g/mol. The SMILES string of the molecule is COc1cc([C@@H]2c3cc4c(cc3[C@@H](NC(=O)Cc3ccc(F)cc3F)[C@H]3COC(=O)[C@H]23)OCO4)cc(OC)c1O. The Bertz CT molecular complexity index is 1500. The summed E-state index contributed by atoms with van der Waals surface area (Å²) in [7, 11) is 2.82. The number of rotatable bonds is 6. The molecule has 11 heteroatoms. The van der Waals surface area contributed by atoms with E-state index in [-0.39, 0.29) is 42.6 Å². The Morgan fingerprint density at radius 2 is 1.68 bits per heavy atom. The van der Waals surface area contributed by atoms with Crippen molar-refractivity contribution in [3.63, 3.8) is 0 Å². The molecule has 40 heavy (non-hydrogen) atoms. The summed E-state index contributed by atoms with van der Waals surface area (Å²) in [6.45, 7) is 0.0512. The Hall–Kier alpha value is -4.54. The van der Waals surface area contributed by atoms with Gasteiger partial charge in [-0.3, -0.25) is 9.59 Å². The van der Waals surface area contributed by atoms with Crippen LogP contribution in [-0.4, -0.2) is 44.6 Å². The lowest BCUT2D eigenvalue weighted by Crippen LogP contribution is -2.43. The molecule has 0 saturated carbocycles. The summed E-state index contributed by atoms with van der Waals surface area (Å²) in [4.78, 5) is 26.4. The monoisotopic (exact) mass is 553 g/mol. The van der Waals surface area contributed by atoms with Crippen molar-refractivity contribution < 1.29 is 47.2 Å². The van der Waals surface area contributed by atoms with Gasteiger partial charge in [-0.25, -0.2) is 8.78 Å². The number of ether oxygens (including phenoxy) is 5. The molecule has 208 valence electrons. The molecular formula is C29H25F2NO8. The molecule has 9 nitrogen and oxygen atoms in total. The highest BCUT2D eigenvalue weighted by atomic mass is 19.1. The number of nitrogens with one attached hydrogen (secondary N) is 1. The van der Waals surface area contributed by atoms with Crippen LogP contribution in [0.2, 0.25) is 0 Å². The molecule has 3 aliphatic rings. The van der Waals surface area contributed by atoms with E-state index in [0.717, 1.165) is 12.1 Å². The first kappa shape index (κ1) is 25.7. The summed E-state index contributed by atoms with van der Waals surface area (Å²) in [6, 6.07) is 9.16. The van der Waals surface area contributed by atoms with Crippen LogP contribution in [0.1, 0.15) is 34.2 Å². The molecule has 1 aliphatic carbocycles. The fraction of sp³-hybridized carbons (Fsp3) is 0.310. The van der Waals surface area contributed by atoms with Crippen molar-refractivity contribution in [2.45, 2.75) is 18.4 Å². The second kappa shape index (κ2) is 9.89. The summed E-state index contributed by atoms with van der Waals surface area (Å²) >= 11 is 0. The average Bonchev–Trinajstić information content (AvgIpc) is 3.56. The standard InChI is InChI=1S/C29H25F2NO8/c1-36-22-5-14(6-23(37-2)28(22)34)25-16-9-20-21(40-12-39-20)10-17(16)27(18-11-38-29(35)26(18)25)32-24(33)7-13-3-4-15(30)8-19(13)31/h3-6,8-10,18,25-27,34H,7,11-12H2,1-2H3,(H,32,33)/t18-,25+,26-,27+/m0/s1. The van der Waals surface area contributed by atoms with E-state index in [4.69, 9.17) is 23.7 Å². The van der Waals surface area contributed by atoms with Crippen LogP contribution in [-0.2, 0) is 20.7 Å². The van der Waals surface area contributed by atoms with Crippen LogP contribution < -0.4 is 24.3 Å². The zero-order chi connectivity index (χ0) is 28.1. The highest BCUT2D eigenvalue weighted by Crippen LogP contribution is 2.55. The van der Waals surface area contributed by atoms with Gasteiger partial charge in [-0.05, 0) is 52.6 Å². The predicted molar refractivity (Wildman–Crippen MR) is 135 cm³/mol. The quantitative estimate of drug-likeness (QED) is 0.444. The van der Waals surface area contributed by atoms with Crippen molar-refractivity contribution in [2.75, 3.05) is 27.6 Å². The molecule has 0 radical (unpaired) electrons. The Labute approximate surface area is 227 Å². The number of carbonyl (C=O) groups is 2. The minimum absolute atomic E-state index is 0.0134. The van der Waals surface area contributed by atoms with Gasteiger partial charge in [0.25, 0.3) is 0 Å². The van der Waals surface area contributed by atoms with Crippen molar-refractivity contribution in [3.8, 4) is 28.7 Å². The molecule has 6 rings (SSSR count). The van der Waals surface area contributed by atoms with Gasteiger partial charge in [-0.2, -0.15) is 0 Å². The minimum Gasteiger partial charge on any atom is -0.502 e. The largest absolute Gasteiger partial charge is 0.502 e. The second-order valence-electron chi connectivity index (χ2n) is 9.86. The minimum atomic E-state index is -0.824. The van der Waals surface area contributed by atoms with Crippen molar-refractivity contribution in [1.82, 2.24) is 5.32 Å². The number of benzene rings is 3. The number of methoxy groups -OCH3 is 2. The fourth-order valence-electron chi connectivity index (χ4n) is 5.90. The first-order valence-corrected chi connectivity index (χ1v) is 12.6. The van der Waals surface area contributed by atoms with Crippen molar-refractivity contribution in [1.29, 1.82) is 0 Å². The zero-order valence-electron chi connectivity index (χ0n) is 21.5. The summed E-state index contributed by atoms with van der Waals surface area (Å²) in [5, 5.41) is 13.5. The maximum Gasteiger partial charge on any atom is 0.310 e. The smallest absolute Gasteiger partial charge is 0.310 e. The van der Waals surface area contributed by atoms with E-state index in [2.05, 4.69) is 5.32 Å².